The molecule has 1 fully saturated rings. The summed E-state index contributed by atoms with van der Waals surface area (Å²) < 4.78 is 5.46. The molecular weight excluding hydrogens is 288 g/mol. The fourth-order valence-electron chi connectivity index (χ4n) is 3.34. The zero-order chi connectivity index (χ0) is 16.1. The maximum absolute atomic E-state index is 5.93. The van der Waals surface area contributed by atoms with Crippen LogP contribution in [-0.2, 0) is 13.0 Å². The highest BCUT2D eigenvalue weighted by Crippen LogP contribution is 2.25. The van der Waals surface area contributed by atoms with Gasteiger partial charge in [-0.15, -0.1) is 0 Å². The molecule has 0 radical (unpaired) electrons. The lowest BCUT2D eigenvalue weighted by Gasteiger charge is -2.33. The Morgan fingerprint density at radius 3 is 2.91 bits per heavy atom. The summed E-state index contributed by atoms with van der Waals surface area (Å²) in [4.78, 5) is 11.0. The van der Waals surface area contributed by atoms with Crippen molar-refractivity contribution < 1.29 is 4.74 Å². The lowest BCUT2D eigenvalue weighted by atomic mass is 9.93. The van der Waals surface area contributed by atoms with E-state index in [1.54, 1.807) is 19.5 Å². The molecule has 1 aliphatic heterocycles. The van der Waals surface area contributed by atoms with E-state index >= 15 is 0 Å². The van der Waals surface area contributed by atoms with Gasteiger partial charge in [0, 0.05) is 31.0 Å². The van der Waals surface area contributed by atoms with E-state index in [-0.39, 0.29) is 0 Å². The summed E-state index contributed by atoms with van der Waals surface area (Å²) in [7, 11) is 1.73. The summed E-state index contributed by atoms with van der Waals surface area (Å²) in [5.41, 5.74) is 8.10. The molecule has 2 N–H and O–H groups in total. The van der Waals surface area contributed by atoms with Crippen LogP contribution in [0.3, 0.4) is 0 Å². The molecule has 0 bridgehead atoms. The van der Waals surface area contributed by atoms with Crippen molar-refractivity contribution >= 4 is 5.82 Å². The van der Waals surface area contributed by atoms with Crippen LogP contribution < -0.4 is 10.5 Å². The molecule has 5 nitrogen and oxygen atoms in total. The Bertz CT molecular complexity index is 646. The Labute approximate surface area is 137 Å². The molecule has 0 amide bonds. The number of hydrogen-bond acceptors (Lipinski definition) is 5. The highest BCUT2D eigenvalue weighted by atomic mass is 16.5. The van der Waals surface area contributed by atoms with Crippen molar-refractivity contribution in [3.05, 3.63) is 47.9 Å². The van der Waals surface area contributed by atoms with Crippen molar-refractivity contribution in [2.45, 2.75) is 25.8 Å². The fraction of sp³-hybridized carbons (Fsp3) is 0.444. The average Bonchev–Trinajstić information content (AvgIpc) is 2.58. The van der Waals surface area contributed by atoms with Gasteiger partial charge in [-0.25, -0.2) is 4.98 Å². The minimum atomic E-state index is 0.564. The standard InChI is InChI=1S/C18H24N4O/c1-23-17-7-3-2-6-15(17)13-22-10-4-5-14(12-22)11-16-18(19)21-9-8-20-16/h2-3,6-9,14H,4-5,10-13H2,1H3,(H2,19,21)/t14-/m0/s1. The molecule has 1 aliphatic rings. The summed E-state index contributed by atoms with van der Waals surface area (Å²) in [6, 6.07) is 8.25. The van der Waals surface area contributed by atoms with Gasteiger partial charge in [0.25, 0.3) is 0 Å². The van der Waals surface area contributed by atoms with E-state index in [4.69, 9.17) is 10.5 Å². The smallest absolute Gasteiger partial charge is 0.145 e. The van der Waals surface area contributed by atoms with Crippen LogP contribution >= 0.6 is 0 Å². The minimum absolute atomic E-state index is 0.564. The molecule has 0 aliphatic carbocycles. The van der Waals surface area contributed by atoms with Crippen molar-refractivity contribution in [2.75, 3.05) is 25.9 Å². The second-order valence-corrected chi connectivity index (χ2v) is 6.15. The van der Waals surface area contributed by atoms with Gasteiger partial charge in [0.05, 0.1) is 12.8 Å². The molecule has 0 spiro atoms. The van der Waals surface area contributed by atoms with Gasteiger partial charge in [0.15, 0.2) is 0 Å². The number of anilines is 1. The highest BCUT2D eigenvalue weighted by molar-refractivity contribution is 5.34. The zero-order valence-electron chi connectivity index (χ0n) is 13.6. The highest BCUT2D eigenvalue weighted by Gasteiger charge is 2.22. The van der Waals surface area contributed by atoms with Crippen molar-refractivity contribution in [3.8, 4) is 5.75 Å². The average molecular weight is 312 g/mol. The third-order valence-electron chi connectivity index (χ3n) is 4.48. The van der Waals surface area contributed by atoms with Crippen LogP contribution in [0.15, 0.2) is 36.7 Å². The maximum Gasteiger partial charge on any atom is 0.145 e. The number of benzene rings is 1. The fourth-order valence-corrected chi connectivity index (χ4v) is 3.34. The number of nitrogens with zero attached hydrogens (tertiary/aromatic N) is 3. The molecule has 1 saturated heterocycles. The molecular formula is C18H24N4O. The quantitative estimate of drug-likeness (QED) is 0.919. The van der Waals surface area contributed by atoms with Gasteiger partial charge in [0.2, 0.25) is 0 Å². The molecule has 1 atom stereocenters. The van der Waals surface area contributed by atoms with Gasteiger partial charge >= 0.3 is 0 Å². The Balaban J connectivity index is 1.63. The molecule has 1 aromatic carbocycles. The summed E-state index contributed by atoms with van der Waals surface area (Å²) in [5, 5.41) is 0. The van der Waals surface area contributed by atoms with Crippen molar-refractivity contribution in [3.63, 3.8) is 0 Å². The minimum Gasteiger partial charge on any atom is -0.496 e. The second-order valence-electron chi connectivity index (χ2n) is 6.15. The van der Waals surface area contributed by atoms with Crippen LogP contribution in [0.1, 0.15) is 24.1 Å². The van der Waals surface area contributed by atoms with Crippen LogP contribution in [0.5, 0.6) is 5.75 Å². The van der Waals surface area contributed by atoms with Gasteiger partial charge in [0.1, 0.15) is 11.6 Å². The predicted molar refractivity (Wildman–Crippen MR) is 91.1 cm³/mol. The van der Waals surface area contributed by atoms with E-state index in [0.717, 1.165) is 37.5 Å². The number of nitrogen functional groups attached to an aromatic ring is 1. The summed E-state index contributed by atoms with van der Waals surface area (Å²) >= 11 is 0. The first-order valence-corrected chi connectivity index (χ1v) is 8.16. The number of aromatic nitrogens is 2. The van der Waals surface area contributed by atoms with Gasteiger partial charge < -0.3 is 10.5 Å². The maximum atomic E-state index is 5.93. The summed E-state index contributed by atoms with van der Waals surface area (Å²) in [6.45, 7) is 3.12. The van der Waals surface area contributed by atoms with Crippen molar-refractivity contribution in [1.82, 2.24) is 14.9 Å². The second kappa shape index (κ2) is 7.42. The van der Waals surface area contributed by atoms with E-state index in [0.29, 0.717) is 11.7 Å². The lowest BCUT2D eigenvalue weighted by Crippen LogP contribution is -2.36. The number of methoxy groups -OCH3 is 1. The molecule has 3 rings (SSSR count). The number of piperidine rings is 1. The zero-order valence-corrected chi connectivity index (χ0v) is 13.6. The Morgan fingerprint density at radius 1 is 1.26 bits per heavy atom. The third kappa shape index (κ3) is 3.99. The molecule has 0 saturated carbocycles. The number of nitrogens with two attached hydrogens (primary N) is 1. The molecule has 23 heavy (non-hydrogen) atoms. The Kier molecular flexibility index (Phi) is 5.08. The lowest BCUT2D eigenvalue weighted by molar-refractivity contribution is 0.165. The van der Waals surface area contributed by atoms with E-state index < -0.39 is 0 Å². The van der Waals surface area contributed by atoms with Gasteiger partial charge in [-0.2, -0.15) is 0 Å². The Hall–Kier alpha value is -2.14. The van der Waals surface area contributed by atoms with E-state index in [1.165, 1.54) is 18.4 Å². The molecule has 0 unspecified atom stereocenters. The SMILES string of the molecule is COc1ccccc1CN1CCC[C@@H](Cc2nccnc2N)C1. The number of ether oxygens (including phenoxy) is 1. The van der Waals surface area contributed by atoms with E-state index in [9.17, 15) is 0 Å². The van der Waals surface area contributed by atoms with E-state index in [1.807, 2.05) is 12.1 Å². The van der Waals surface area contributed by atoms with Gasteiger partial charge in [-0.05, 0) is 37.8 Å². The van der Waals surface area contributed by atoms with Gasteiger partial charge in [-0.3, -0.25) is 9.88 Å². The molecule has 2 heterocycles. The van der Waals surface area contributed by atoms with E-state index in [2.05, 4.69) is 27.0 Å². The van der Waals surface area contributed by atoms with Crippen molar-refractivity contribution in [2.24, 2.45) is 5.92 Å². The first-order valence-electron chi connectivity index (χ1n) is 8.16. The summed E-state index contributed by atoms with van der Waals surface area (Å²) in [6.07, 6.45) is 6.70. The largest absolute Gasteiger partial charge is 0.496 e. The van der Waals surface area contributed by atoms with Crippen LogP contribution in [0, 0.1) is 5.92 Å². The molecule has 122 valence electrons. The predicted octanol–water partition coefficient (Wildman–Crippen LogP) is 2.52. The van der Waals surface area contributed by atoms with Crippen LogP contribution in [0.4, 0.5) is 5.82 Å². The number of para-hydroxylation sites is 1. The molecule has 1 aromatic heterocycles. The summed E-state index contributed by atoms with van der Waals surface area (Å²) in [5.74, 6) is 2.11. The number of rotatable bonds is 5. The van der Waals surface area contributed by atoms with Crippen molar-refractivity contribution in [1.29, 1.82) is 0 Å². The number of likely N-dealkylation sites (tertiary alicyclic amines) is 1. The first kappa shape index (κ1) is 15.7. The van der Waals surface area contributed by atoms with Gasteiger partial charge in [-0.1, -0.05) is 18.2 Å². The third-order valence-corrected chi connectivity index (χ3v) is 4.48. The number of hydrogen-bond donors (Lipinski definition) is 1. The topological polar surface area (TPSA) is 64.3 Å². The molecule has 5 heteroatoms. The molecule has 2 aromatic rings. The van der Waals surface area contributed by atoms with Crippen LogP contribution in [0.2, 0.25) is 0 Å². The Morgan fingerprint density at radius 2 is 2.09 bits per heavy atom. The van der Waals surface area contributed by atoms with Crippen LogP contribution in [0.25, 0.3) is 0 Å². The monoisotopic (exact) mass is 312 g/mol. The van der Waals surface area contributed by atoms with Crippen LogP contribution in [-0.4, -0.2) is 35.1 Å². The first-order chi connectivity index (χ1) is 11.3. The normalized spacial score (nSPS) is 18.7.